The molecule has 0 bridgehead atoms. The molecule has 3 aromatic carbocycles. The van der Waals surface area contributed by atoms with Gasteiger partial charge in [0.1, 0.15) is 17.6 Å². The molecule has 0 saturated carbocycles. The molecule has 0 aliphatic carbocycles. The number of nitrogens with one attached hydrogen (secondary N) is 1. The van der Waals surface area contributed by atoms with E-state index in [2.05, 4.69) is 5.32 Å². The highest BCUT2D eigenvalue weighted by Crippen LogP contribution is 2.27. The second-order valence-electron chi connectivity index (χ2n) is 6.36. The minimum Gasteiger partial charge on any atom is -0.491 e. The van der Waals surface area contributed by atoms with Gasteiger partial charge in [-0.25, -0.2) is 0 Å². The highest BCUT2D eigenvalue weighted by atomic mass is 32.2. The second-order valence-corrected chi connectivity index (χ2v) is 7.74. The number of carbonyl (C=O) groups is 2. The maximum atomic E-state index is 12.6. The number of esters is 1. The molecule has 3 aromatic rings. The van der Waals surface area contributed by atoms with Crippen LogP contribution in [0.1, 0.15) is 17.3 Å². The van der Waals surface area contributed by atoms with Crippen LogP contribution in [0, 0.1) is 0 Å². The Kier molecular flexibility index (Phi) is 7.14. The van der Waals surface area contributed by atoms with Crippen molar-refractivity contribution in [3.05, 3.63) is 72.3 Å². The van der Waals surface area contributed by atoms with Gasteiger partial charge in [-0.15, -0.1) is 11.8 Å². The van der Waals surface area contributed by atoms with Crippen LogP contribution >= 0.6 is 11.8 Å². The van der Waals surface area contributed by atoms with E-state index in [1.54, 1.807) is 19.1 Å². The Morgan fingerprint density at radius 3 is 2.55 bits per heavy atom. The van der Waals surface area contributed by atoms with Crippen molar-refractivity contribution in [3.8, 4) is 5.75 Å². The number of fused-ring (bicyclic) bond motifs is 1. The third-order valence-corrected chi connectivity index (χ3v) is 5.52. The highest BCUT2D eigenvalue weighted by Gasteiger charge is 2.18. The number of amides is 1. The summed E-state index contributed by atoms with van der Waals surface area (Å²) in [7, 11) is 1.36. The van der Waals surface area contributed by atoms with E-state index in [9.17, 15) is 9.59 Å². The molecule has 3 rings (SSSR count). The Morgan fingerprint density at radius 1 is 1.00 bits per heavy atom. The van der Waals surface area contributed by atoms with Gasteiger partial charge in [-0.3, -0.25) is 9.59 Å². The summed E-state index contributed by atoms with van der Waals surface area (Å²) in [6.07, 6.45) is 0. The maximum Gasteiger partial charge on any atom is 0.318 e. The Morgan fingerprint density at radius 2 is 1.72 bits per heavy atom. The molecular formula is C23H23NO4S. The van der Waals surface area contributed by atoms with Crippen LogP contribution in [0.4, 0.5) is 0 Å². The Balaban J connectivity index is 1.58. The third kappa shape index (κ3) is 5.29. The minimum absolute atomic E-state index is 0.202. The Labute approximate surface area is 174 Å². The molecule has 0 radical (unpaired) electrons. The fourth-order valence-electron chi connectivity index (χ4n) is 2.90. The van der Waals surface area contributed by atoms with Gasteiger partial charge in [0.2, 0.25) is 0 Å². The van der Waals surface area contributed by atoms with Gasteiger partial charge in [0.25, 0.3) is 5.91 Å². The van der Waals surface area contributed by atoms with Gasteiger partial charge in [0.05, 0.1) is 19.2 Å². The van der Waals surface area contributed by atoms with Crippen molar-refractivity contribution in [1.82, 2.24) is 5.32 Å². The molecule has 0 aromatic heterocycles. The first-order valence-corrected chi connectivity index (χ1v) is 10.2. The zero-order chi connectivity index (χ0) is 20.6. The second kappa shape index (κ2) is 9.98. The zero-order valence-electron chi connectivity index (χ0n) is 16.4. The van der Waals surface area contributed by atoms with Crippen LogP contribution in [-0.2, 0) is 9.53 Å². The number of hydrogen-bond acceptors (Lipinski definition) is 5. The van der Waals surface area contributed by atoms with E-state index in [0.717, 1.165) is 21.4 Å². The maximum absolute atomic E-state index is 12.6. The normalized spacial score (nSPS) is 11.7. The lowest BCUT2D eigenvalue weighted by Gasteiger charge is -2.13. The summed E-state index contributed by atoms with van der Waals surface area (Å²) in [5.74, 6) is 0.264. The third-order valence-electron chi connectivity index (χ3n) is 4.36. The molecule has 29 heavy (non-hydrogen) atoms. The molecule has 1 atom stereocenters. The summed E-state index contributed by atoms with van der Waals surface area (Å²) in [4.78, 5) is 25.0. The fraction of sp³-hybridized carbons (Fsp3) is 0.217. The molecule has 5 nitrogen and oxygen atoms in total. The number of rotatable bonds is 8. The predicted molar refractivity (Wildman–Crippen MR) is 116 cm³/mol. The SMILES string of the molecule is COC(=O)C(C)Sc1ccccc1C(=O)NCCOc1cccc2ccccc12. The van der Waals surface area contributed by atoms with E-state index in [0.29, 0.717) is 18.7 Å². The van der Waals surface area contributed by atoms with E-state index in [-0.39, 0.29) is 11.9 Å². The van der Waals surface area contributed by atoms with Crippen molar-refractivity contribution in [2.75, 3.05) is 20.3 Å². The molecule has 6 heteroatoms. The van der Waals surface area contributed by atoms with E-state index in [1.807, 2.05) is 54.6 Å². The van der Waals surface area contributed by atoms with Crippen molar-refractivity contribution >= 4 is 34.4 Å². The summed E-state index contributed by atoms with van der Waals surface area (Å²) >= 11 is 1.30. The molecular weight excluding hydrogens is 386 g/mol. The van der Waals surface area contributed by atoms with Crippen molar-refractivity contribution in [2.24, 2.45) is 0 Å². The van der Waals surface area contributed by atoms with Crippen molar-refractivity contribution in [1.29, 1.82) is 0 Å². The van der Waals surface area contributed by atoms with E-state index >= 15 is 0 Å². The van der Waals surface area contributed by atoms with Crippen molar-refractivity contribution in [3.63, 3.8) is 0 Å². The van der Waals surface area contributed by atoms with Crippen LogP contribution in [0.2, 0.25) is 0 Å². The van der Waals surface area contributed by atoms with E-state index in [4.69, 9.17) is 9.47 Å². The molecule has 0 saturated heterocycles. The van der Waals surface area contributed by atoms with Gasteiger partial charge in [0.15, 0.2) is 0 Å². The first-order chi connectivity index (χ1) is 14.1. The first-order valence-electron chi connectivity index (χ1n) is 9.32. The lowest BCUT2D eigenvalue weighted by molar-refractivity contribution is -0.139. The number of methoxy groups -OCH3 is 1. The Hall–Kier alpha value is -2.99. The number of thioether (sulfide) groups is 1. The molecule has 0 aliphatic rings. The molecule has 0 aliphatic heterocycles. The van der Waals surface area contributed by atoms with Crippen LogP contribution < -0.4 is 10.1 Å². The summed E-state index contributed by atoms with van der Waals surface area (Å²) in [5, 5.41) is 4.63. The van der Waals surface area contributed by atoms with Crippen LogP contribution in [0.15, 0.2) is 71.6 Å². The summed E-state index contributed by atoms with van der Waals surface area (Å²) in [5.41, 5.74) is 0.526. The lowest BCUT2D eigenvalue weighted by Crippen LogP contribution is -2.28. The highest BCUT2D eigenvalue weighted by molar-refractivity contribution is 8.00. The van der Waals surface area contributed by atoms with Crippen LogP contribution in [0.3, 0.4) is 0 Å². The lowest BCUT2D eigenvalue weighted by atomic mass is 10.1. The van der Waals surface area contributed by atoms with Crippen LogP contribution in [-0.4, -0.2) is 37.4 Å². The van der Waals surface area contributed by atoms with E-state index in [1.165, 1.54) is 18.9 Å². The fourth-order valence-corrected chi connectivity index (χ4v) is 3.92. The number of carbonyl (C=O) groups excluding carboxylic acids is 2. The molecule has 0 heterocycles. The molecule has 1 N–H and O–H groups in total. The topological polar surface area (TPSA) is 64.6 Å². The number of ether oxygens (including phenoxy) is 2. The van der Waals surface area contributed by atoms with Gasteiger partial charge in [-0.2, -0.15) is 0 Å². The van der Waals surface area contributed by atoms with E-state index < -0.39 is 5.25 Å². The molecule has 0 spiro atoms. The van der Waals surface area contributed by atoms with Gasteiger partial charge >= 0.3 is 5.97 Å². The predicted octanol–water partition coefficient (Wildman–Crippen LogP) is 4.30. The average Bonchev–Trinajstić information content (AvgIpc) is 2.76. The Bertz CT molecular complexity index is 1000. The summed E-state index contributed by atoms with van der Waals surface area (Å²) in [6, 6.07) is 21.1. The molecule has 1 amide bonds. The van der Waals surface area contributed by atoms with Crippen LogP contribution in [0.25, 0.3) is 10.8 Å². The molecule has 1 unspecified atom stereocenters. The standard InChI is InChI=1S/C23H23NO4S/c1-16(23(26)27-2)29-21-13-6-5-11-19(21)22(25)24-14-15-28-20-12-7-9-17-8-3-4-10-18(17)20/h3-13,16H,14-15H2,1-2H3,(H,24,25). The zero-order valence-corrected chi connectivity index (χ0v) is 17.2. The summed E-state index contributed by atoms with van der Waals surface area (Å²) in [6.45, 7) is 2.48. The van der Waals surface area contributed by atoms with Gasteiger partial charge in [-0.05, 0) is 30.5 Å². The first kappa shape index (κ1) is 20.7. The van der Waals surface area contributed by atoms with Gasteiger partial charge in [-0.1, -0.05) is 48.5 Å². The number of hydrogen-bond donors (Lipinski definition) is 1. The molecule has 0 fully saturated rings. The van der Waals surface area contributed by atoms with Gasteiger partial charge < -0.3 is 14.8 Å². The number of benzene rings is 3. The molecule has 150 valence electrons. The largest absolute Gasteiger partial charge is 0.491 e. The minimum atomic E-state index is -0.399. The summed E-state index contributed by atoms with van der Waals surface area (Å²) < 4.78 is 10.6. The average molecular weight is 410 g/mol. The smallest absolute Gasteiger partial charge is 0.318 e. The van der Waals surface area contributed by atoms with Crippen molar-refractivity contribution < 1.29 is 19.1 Å². The monoisotopic (exact) mass is 409 g/mol. The van der Waals surface area contributed by atoms with Crippen molar-refractivity contribution in [2.45, 2.75) is 17.1 Å². The van der Waals surface area contributed by atoms with Gasteiger partial charge in [0, 0.05) is 10.3 Å². The van der Waals surface area contributed by atoms with Crippen LogP contribution in [0.5, 0.6) is 5.75 Å². The quantitative estimate of drug-likeness (QED) is 0.341.